The Hall–Kier alpha value is -3.61. The maximum Gasteiger partial charge on any atom is 0.430 e. The van der Waals surface area contributed by atoms with Gasteiger partial charge in [0.05, 0.1) is 6.54 Å². The molecule has 158 valence electrons. The van der Waals surface area contributed by atoms with Gasteiger partial charge in [-0.3, -0.25) is 4.90 Å². The summed E-state index contributed by atoms with van der Waals surface area (Å²) in [5, 5.41) is 0. The number of alkyl halides is 3. The fourth-order valence-corrected chi connectivity index (χ4v) is 3.65. The lowest BCUT2D eigenvalue weighted by molar-refractivity contribution is -0.0598. The Kier molecular flexibility index (Phi) is 5.50. The zero-order valence-electron chi connectivity index (χ0n) is 16.4. The summed E-state index contributed by atoms with van der Waals surface area (Å²) in [5.41, 5.74) is -1.09. The highest BCUT2D eigenvalue weighted by molar-refractivity contribution is 5.97. The first-order valence-corrected chi connectivity index (χ1v) is 9.66. The predicted molar refractivity (Wildman–Crippen MR) is 110 cm³/mol. The highest BCUT2D eigenvalue weighted by Gasteiger charge is 2.54. The lowest BCUT2D eigenvalue weighted by Gasteiger charge is -2.36. The van der Waals surface area contributed by atoms with Crippen molar-refractivity contribution in [1.29, 1.82) is 0 Å². The number of halogens is 3. The quantitative estimate of drug-likeness (QED) is 0.552. The Morgan fingerprint density at radius 1 is 0.871 bits per heavy atom. The highest BCUT2D eigenvalue weighted by atomic mass is 19.4. The molecule has 0 atom stereocenters. The van der Waals surface area contributed by atoms with Crippen LogP contribution < -0.4 is 0 Å². The second-order valence-electron chi connectivity index (χ2n) is 7.09. The number of ether oxygens (including phenoxy) is 1. The van der Waals surface area contributed by atoms with Gasteiger partial charge in [-0.05, 0) is 5.56 Å². The molecule has 3 aromatic carbocycles. The van der Waals surface area contributed by atoms with Crippen LogP contribution >= 0.6 is 0 Å². The molecule has 0 unspecified atom stereocenters. The number of hydrogen-bond donors (Lipinski definition) is 0. The molecule has 0 aromatic heterocycles. The molecule has 3 aromatic rings. The van der Waals surface area contributed by atoms with E-state index in [1.54, 1.807) is 84.9 Å². The lowest BCUT2D eigenvalue weighted by Crippen LogP contribution is -2.47. The van der Waals surface area contributed by atoms with Gasteiger partial charge in [0.15, 0.2) is 5.66 Å². The molecule has 0 saturated heterocycles. The molecule has 1 heterocycles. The normalized spacial score (nSPS) is 15.5. The zero-order valence-corrected chi connectivity index (χ0v) is 16.4. The van der Waals surface area contributed by atoms with Gasteiger partial charge in [-0.15, -0.1) is 0 Å². The summed E-state index contributed by atoms with van der Waals surface area (Å²) in [6.45, 7) is -0.766. The molecule has 7 heteroatoms. The van der Waals surface area contributed by atoms with Crippen LogP contribution in [0.4, 0.5) is 18.0 Å². The molecule has 31 heavy (non-hydrogen) atoms. The SMILES string of the molecule is O=C(OCc1ccccc1)N1CC(C(F)(F)F)=NC1(c1ccccc1)c1ccccc1. The van der Waals surface area contributed by atoms with E-state index in [2.05, 4.69) is 4.99 Å². The van der Waals surface area contributed by atoms with Crippen molar-refractivity contribution in [3.8, 4) is 0 Å². The minimum absolute atomic E-state index is 0.0583. The Balaban J connectivity index is 1.79. The molecule has 0 radical (unpaired) electrons. The van der Waals surface area contributed by atoms with Crippen LogP contribution in [-0.4, -0.2) is 29.4 Å². The van der Waals surface area contributed by atoms with E-state index < -0.39 is 30.2 Å². The maximum atomic E-state index is 13.7. The molecule has 0 aliphatic carbocycles. The van der Waals surface area contributed by atoms with Gasteiger partial charge in [-0.25, -0.2) is 9.79 Å². The summed E-state index contributed by atoms with van der Waals surface area (Å²) in [4.78, 5) is 18.3. The molecule has 0 spiro atoms. The third kappa shape index (κ3) is 4.03. The van der Waals surface area contributed by atoms with Crippen molar-refractivity contribution in [1.82, 2.24) is 4.90 Å². The van der Waals surface area contributed by atoms with E-state index in [0.717, 1.165) is 10.5 Å². The second kappa shape index (κ2) is 8.26. The maximum absolute atomic E-state index is 13.7. The molecule has 0 fully saturated rings. The van der Waals surface area contributed by atoms with Crippen molar-refractivity contribution >= 4 is 11.8 Å². The summed E-state index contributed by atoms with van der Waals surface area (Å²) >= 11 is 0. The van der Waals surface area contributed by atoms with Crippen LogP contribution in [0.1, 0.15) is 16.7 Å². The van der Waals surface area contributed by atoms with Gasteiger partial charge >= 0.3 is 12.3 Å². The first-order valence-electron chi connectivity index (χ1n) is 9.66. The Bertz CT molecular complexity index is 1030. The summed E-state index contributed by atoms with van der Waals surface area (Å²) in [6.07, 6.45) is -5.55. The summed E-state index contributed by atoms with van der Waals surface area (Å²) in [6, 6.07) is 25.9. The van der Waals surface area contributed by atoms with E-state index >= 15 is 0 Å². The lowest BCUT2D eigenvalue weighted by atomic mass is 9.91. The van der Waals surface area contributed by atoms with Crippen LogP contribution in [0.2, 0.25) is 0 Å². The minimum Gasteiger partial charge on any atom is -0.444 e. The smallest absolute Gasteiger partial charge is 0.430 e. The van der Waals surface area contributed by atoms with Crippen LogP contribution in [0.3, 0.4) is 0 Å². The predicted octanol–water partition coefficient (Wildman–Crippen LogP) is 5.54. The first kappa shape index (κ1) is 20.7. The molecule has 1 aliphatic rings. The Labute approximate surface area is 177 Å². The van der Waals surface area contributed by atoms with Crippen LogP contribution in [-0.2, 0) is 17.0 Å². The van der Waals surface area contributed by atoms with E-state index in [1.807, 2.05) is 6.07 Å². The van der Waals surface area contributed by atoms with Crippen molar-refractivity contribution in [3.63, 3.8) is 0 Å². The van der Waals surface area contributed by atoms with Gasteiger partial charge in [-0.2, -0.15) is 13.2 Å². The summed E-state index contributed by atoms with van der Waals surface area (Å²) in [7, 11) is 0. The summed E-state index contributed by atoms with van der Waals surface area (Å²) < 4.78 is 46.6. The van der Waals surface area contributed by atoms with Crippen LogP contribution in [0, 0.1) is 0 Å². The molecule has 1 aliphatic heterocycles. The Morgan fingerprint density at radius 2 is 1.35 bits per heavy atom. The second-order valence-corrected chi connectivity index (χ2v) is 7.09. The van der Waals surface area contributed by atoms with Crippen molar-refractivity contribution in [3.05, 3.63) is 108 Å². The third-order valence-corrected chi connectivity index (χ3v) is 5.10. The number of amides is 1. The molecule has 4 nitrogen and oxygen atoms in total. The third-order valence-electron chi connectivity index (χ3n) is 5.10. The number of hydrogen-bond acceptors (Lipinski definition) is 3. The minimum atomic E-state index is -4.68. The van der Waals surface area contributed by atoms with Gasteiger partial charge in [0.25, 0.3) is 0 Å². The monoisotopic (exact) mass is 424 g/mol. The van der Waals surface area contributed by atoms with E-state index in [0.29, 0.717) is 11.1 Å². The molecular weight excluding hydrogens is 405 g/mol. The standard InChI is InChI=1S/C24H19F3N2O2/c25-24(26,27)21-16-29(22(30)31-17-18-10-4-1-5-11-18)23(28-21,19-12-6-2-7-13-19)20-14-8-3-9-15-20/h1-15H,16-17H2. The molecular formula is C24H19F3N2O2. The summed E-state index contributed by atoms with van der Waals surface area (Å²) in [5.74, 6) is 0. The number of nitrogens with zero attached hydrogens (tertiary/aromatic N) is 2. The average Bonchev–Trinajstić information content (AvgIpc) is 3.22. The van der Waals surface area contributed by atoms with Gasteiger partial charge in [-0.1, -0.05) is 91.0 Å². The van der Waals surface area contributed by atoms with Gasteiger partial charge in [0.1, 0.15) is 12.3 Å². The van der Waals surface area contributed by atoms with E-state index in [9.17, 15) is 18.0 Å². The molecule has 0 N–H and O–H groups in total. The molecule has 1 amide bonds. The zero-order chi connectivity index (χ0) is 21.9. The van der Waals surface area contributed by atoms with E-state index in [1.165, 1.54) is 0 Å². The van der Waals surface area contributed by atoms with Crippen molar-refractivity contribution in [2.75, 3.05) is 6.54 Å². The fourth-order valence-electron chi connectivity index (χ4n) is 3.65. The number of carbonyl (C=O) groups excluding carboxylic acids is 1. The number of carbonyl (C=O) groups is 1. The highest BCUT2D eigenvalue weighted by Crippen LogP contribution is 2.43. The number of benzene rings is 3. The van der Waals surface area contributed by atoms with Crippen LogP contribution in [0.25, 0.3) is 0 Å². The van der Waals surface area contributed by atoms with Gasteiger partial charge < -0.3 is 4.74 Å². The molecule has 0 bridgehead atoms. The van der Waals surface area contributed by atoms with Crippen LogP contribution in [0.15, 0.2) is 96.0 Å². The molecule has 4 rings (SSSR count). The van der Waals surface area contributed by atoms with Crippen molar-refractivity contribution < 1.29 is 22.7 Å². The average molecular weight is 424 g/mol. The van der Waals surface area contributed by atoms with Crippen LogP contribution in [0.5, 0.6) is 0 Å². The number of rotatable bonds is 4. The number of aliphatic imine (C=N–C) groups is 1. The first-order chi connectivity index (χ1) is 14.9. The fraction of sp³-hybridized carbons (Fsp3) is 0.167. The van der Waals surface area contributed by atoms with E-state index in [-0.39, 0.29) is 6.61 Å². The van der Waals surface area contributed by atoms with Crippen molar-refractivity contribution in [2.45, 2.75) is 18.4 Å². The van der Waals surface area contributed by atoms with Gasteiger partial charge in [0, 0.05) is 11.1 Å². The largest absolute Gasteiger partial charge is 0.444 e. The van der Waals surface area contributed by atoms with Gasteiger partial charge in [0.2, 0.25) is 0 Å². The van der Waals surface area contributed by atoms with E-state index in [4.69, 9.17) is 4.74 Å². The Morgan fingerprint density at radius 3 is 1.84 bits per heavy atom. The topological polar surface area (TPSA) is 41.9 Å². The molecule has 0 saturated carbocycles. The van der Waals surface area contributed by atoms with Crippen molar-refractivity contribution in [2.24, 2.45) is 4.99 Å².